The zero-order chi connectivity index (χ0) is 23.1. The molecule has 0 bridgehead atoms. The van der Waals surface area contributed by atoms with Crippen molar-refractivity contribution in [3.05, 3.63) is 52.1 Å². The zero-order valence-electron chi connectivity index (χ0n) is 18.5. The van der Waals surface area contributed by atoms with Gasteiger partial charge in [-0.2, -0.15) is 0 Å². The van der Waals surface area contributed by atoms with Crippen LogP contribution in [0, 0.1) is 12.7 Å². The van der Waals surface area contributed by atoms with Gasteiger partial charge in [0.2, 0.25) is 0 Å². The first-order chi connectivity index (χ1) is 15.9. The Morgan fingerprint density at radius 2 is 2.00 bits per heavy atom. The molecule has 4 heterocycles. The fourth-order valence-corrected chi connectivity index (χ4v) is 4.82. The number of nitrogens with zero attached hydrogens (tertiary/aromatic N) is 2. The number of β-amino-alcohol motifs (C(OH)–C–C–N with tert-alkyl or cyclic N) is 1. The fourth-order valence-electron chi connectivity index (χ4n) is 4.82. The van der Waals surface area contributed by atoms with Gasteiger partial charge in [0.05, 0.1) is 30.5 Å². The lowest BCUT2D eigenvalue weighted by Crippen LogP contribution is -2.47. The molecule has 3 aliphatic rings. The summed E-state index contributed by atoms with van der Waals surface area (Å²) in [6, 6.07) is 4.18. The van der Waals surface area contributed by atoms with Crippen molar-refractivity contribution in [2.24, 2.45) is 0 Å². The Kier molecular flexibility index (Phi) is 5.77. The third-order valence-corrected chi connectivity index (χ3v) is 6.56. The minimum atomic E-state index is -0.636. The molecule has 0 radical (unpaired) electrons. The number of aliphatic hydroxyl groups excluding tert-OH is 1. The van der Waals surface area contributed by atoms with Crippen molar-refractivity contribution in [3.8, 4) is 0 Å². The molecule has 1 unspecified atom stereocenters. The fraction of sp³-hybridized carbons (Fsp3) is 0.417. The molecule has 0 spiro atoms. The minimum Gasteiger partial charge on any atom is -0.390 e. The van der Waals surface area contributed by atoms with Gasteiger partial charge in [0.15, 0.2) is 0 Å². The molecule has 1 atom stereocenters. The summed E-state index contributed by atoms with van der Waals surface area (Å²) in [5.74, 6) is -0.847. The molecule has 33 heavy (non-hydrogen) atoms. The number of aromatic nitrogens is 1. The molecule has 9 heteroatoms. The number of rotatable bonds is 5. The van der Waals surface area contributed by atoms with Crippen molar-refractivity contribution in [1.82, 2.24) is 14.8 Å². The van der Waals surface area contributed by atoms with Crippen LogP contribution < -0.4 is 5.32 Å². The summed E-state index contributed by atoms with van der Waals surface area (Å²) < 4.78 is 19.1. The highest BCUT2D eigenvalue weighted by molar-refractivity contribution is 6.34. The topological polar surface area (TPSA) is 97.9 Å². The number of benzene rings is 1. The van der Waals surface area contributed by atoms with Gasteiger partial charge in [0.25, 0.3) is 11.8 Å². The number of hydrogen-bond donors (Lipinski definition) is 3. The van der Waals surface area contributed by atoms with Gasteiger partial charge in [0, 0.05) is 61.8 Å². The Balaban J connectivity index is 1.35. The molecule has 1 fully saturated rings. The second-order valence-corrected chi connectivity index (χ2v) is 8.79. The van der Waals surface area contributed by atoms with Crippen LogP contribution in [-0.4, -0.2) is 83.7 Å². The van der Waals surface area contributed by atoms with Crippen LogP contribution in [0.5, 0.6) is 0 Å². The zero-order valence-corrected chi connectivity index (χ0v) is 18.5. The summed E-state index contributed by atoms with van der Waals surface area (Å²) in [6.45, 7) is 6.02. The van der Waals surface area contributed by atoms with Crippen LogP contribution in [0.3, 0.4) is 0 Å². The molecule has 3 N–H and O–H groups in total. The predicted octanol–water partition coefficient (Wildman–Crippen LogP) is 1.65. The number of halogens is 1. The maximum absolute atomic E-state index is 13.8. The molecular weight excluding hydrogens is 427 g/mol. The van der Waals surface area contributed by atoms with Gasteiger partial charge in [-0.1, -0.05) is 0 Å². The molecule has 8 nitrogen and oxygen atoms in total. The van der Waals surface area contributed by atoms with Crippen LogP contribution in [-0.2, 0) is 16.0 Å². The molecule has 1 aromatic carbocycles. The van der Waals surface area contributed by atoms with Crippen LogP contribution in [0.1, 0.15) is 32.9 Å². The normalized spacial score (nSPS) is 20.7. The number of amides is 2. The van der Waals surface area contributed by atoms with Gasteiger partial charge < -0.3 is 25.0 Å². The molecule has 1 saturated heterocycles. The van der Waals surface area contributed by atoms with Gasteiger partial charge in [-0.3, -0.25) is 14.5 Å². The lowest BCUT2D eigenvalue weighted by molar-refractivity contribution is -0.110. The summed E-state index contributed by atoms with van der Waals surface area (Å²) >= 11 is 0. The summed E-state index contributed by atoms with van der Waals surface area (Å²) in [7, 11) is 0. The van der Waals surface area contributed by atoms with E-state index in [0.29, 0.717) is 60.8 Å². The first-order valence-corrected chi connectivity index (χ1v) is 11.2. The third-order valence-electron chi connectivity index (χ3n) is 6.56. The summed E-state index contributed by atoms with van der Waals surface area (Å²) in [6.07, 6.45) is 1.68. The number of aromatic amines is 1. The van der Waals surface area contributed by atoms with Crippen LogP contribution in [0.4, 0.5) is 10.1 Å². The van der Waals surface area contributed by atoms with Crippen molar-refractivity contribution >= 4 is 29.2 Å². The van der Waals surface area contributed by atoms with E-state index in [1.165, 1.54) is 12.1 Å². The number of aliphatic hydroxyl groups is 1. The largest absolute Gasteiger partial charge is 0.390 e. The molecule has 2 aromatic rings. The minimum absolute atomic E-state index is 0.127. The number of anilines is 1. The van der Waals surface area contributed by atoms with E-state index >= 15 is 0 Å². The number of carbonyl (C=O) groups is 2. The van der Waals surface area contributed by atoms with E-state index < -0.39 is 11.9 Å². The van der Waals surface area contributed by atoms with Gasteiger partial charge in [-0.25, -0.2) is 4.39 Å². The Morgan fingerprint density at radius 1 is 1.21 bits per heavy atom. The highest BCUT2D eigenvalue weighted by Gasteiger charge is 2.32. The van der Waals surface area contributed by atoms with Gasteiger partial charge in [-0.15, -0.1) is 0 Å². The van der Waals surface area contributed by atoms with Crippen LogP contribution in [0.2, 0.25) is 0 Å². The van der Waals surface area contributed by atoms with Crippen molar-refractivity contribution in [3.63, 3.8) is 0 Å². The van der Waals surface area contributed by atoms with Crippen LogP contribution in [0.15, 0.2) is 18.2 Å². The van der Waals surface area contributed by atoms with Crippen LogP contribution >= 0.6 is 0 Å². The van der Waals surface area contributed by atoms with E-state index in [-0.39, 0.29) is 18.4 Å². The second kappa shape index (κ2) is 8.74. The maximum Gasteiger partial charge on any atom is 0.256 e. The van der Waals surface area contributed by atoms with E-state index in [2.05, 4.69) is 15.2 Å². The van der Waals surface area contributed by atoms with Gasteiger partial charge in [-0.05, 0) is 36.8 Å². The van der Waals surface area contributed by atoms with Crippen molar-refractivity contribution in [1.29, 1.82) is 0 Å². The Morgan fingerprint density at radius 3 is 2.79 bits per heavy atom. The monoisotopic (exact) mass is 454 g/mol. The molecule has 0 saturated carbocycles. The quantitative estimate of drug-likeness (QED) is 0.597. The lowest BCUT2D eigenvalue weighted by Gasteiger charge is -2.32. The third kappa shape index (κ3) is 4.19. The molecule has 2 amide bonds. The van der Waals surface area contributed by atoms with Gasteiger partial charge in [0.1, 0.15) is 5.82 Å². The van der Waals surface area contributed by atoms with E-state index in [1.807, 2.05) is 6.92 Å². The van der Waals surface area contributed by atoms with Crippen molar-refractivity contribution in [2.75, 3.05) is 51.3 Å². The van der Waals surface area contributed by atoms with Crippen LogP contribution in [0.25, 0.3) is 11.6 Å². The highest BCUT2D eigenvalue weighted by Crippen LogP contribution is 2.35. The van der Waals surface area contributed by atoms with E-state index in [4.69, 9.17) is 4.74 Å². The maximum atomic E-state index is 13.8. The second-order valence-electron chi connectivity index (χ2n) is 8.79. The molecule has 5 rings (SSSR count). The first kappa shape index (κ1) is 21.8. The molecule has 174 valence electrons. The number of nitrogens with one attached hydrogen (secondary N) is 2. The molecule has 3 aliphatic heterocycles. The Hall–Kier alpha value is -3.01. The average Bonchev–Trinajstić information content (AvgIpc) is 3.27. The molecule has 0 aliphatic carbocycles. The average molecular weight is 455 g/mol. The smallest absolute Gasteiger partial charge is 0.256 e. The summed E-state index contributed by atoms with van der Waals surface area (Å²) in [5.41, 5.74) is 4.24. The number of fused-ring (bicyclic) bond motifs is 2. The Labute approximate surface area is 191 Å². The SMILES string of the molecule is Cc1c(C=C2C(=O)Nc3ccc(F)cc32)[nH]c2c1C(=O)N(CC(O)CN1CCOCC1)CC2. The number of hydrogen-bond acceptors (Lipinski definition) is 5. The number of morpholine rings is 1. The van der Waals surface area contributed by atoms with E-state index in [9.17, 15) is 19.1 Å². The number of H-pyrrole nitrogens is 1. The summed E-state index contributed by atoms with van der Waals surface area (Å²) in [5, 5.41) is 13.3. The van der Waals surface area contributed by atoms with Gasteiger partial charge >= 0.3 is 0 Å². The molecule has 1 aromatic heterocycles. The van der Waals surface area contributed by atoms with Crippen molar-refractivity contribution in [2.45, 2.75) is 19.4 Å². The first-order valence-electron chi connectivity index (χ1n) is 11.2. The standard InChI is InChI=1S/C24H27FN4O4/c1-14-21(11-18-17-10-15(25)2-3-19(17)27-23(18)31)26-20-4-5-29(24(32)22(14)20)13-16(30)12-28-6-8-33-9-7-28/h2-3,10-11,16,26,30H,4-9,12-13H2,1H3,(H,27,31). The number of ether oxygens (including phenoxy) is 1. The van der Waals surface area contributed by atoms with E-state index in [0.717, 1.165) is 24.3 Å². The number of carbonyl (C=O) groups excluding carboxylic acids is 2. The highest BCUT2D eigenvalue weighted by atomic mass is 19.1. The Bertz CT molecular complexity index is 1140. The lowest BCUT2D eigenvalue weighted by atomic mass is 10.0. The van der Waals surface area contributed by atoms with E-state index in [1.54, 1.807) is 17.0 Å². The molecular formula is C24H27FN4O4. The predicted molar refractivity (Wildman–Crippen MR) is 121 cm³/mol. The van der Waals surface area contributed by atoms with Crippen molar-refractivity contribution < 1.29 is 23.8 Å². The summed E-state index contributed by atoms with van der Waals surface area (Å²) in [4.78, 5) is 32.8.